The summed E-state index contributed by atoms with van der Waals surface area (Å²) in [6, 6.07) is 8.00. The Balaban J connectivity index is 1.36. The summed E-state index contributed by atoms with van der Waals surface area (Å²) in [5.74, 6) is -3.12. The number of ether oxygens (including phenoxy) is 1. The predicted molar refractivity (Wildman–Crippen MR) is 120 cm³/mol. The van der Waals surface area contributed by atoms with E-state index in [0.717, 1.165) is 17.0 Å². The number of hydrogen-bond acceptors (Lipinski definition) is 5. The van der Waals surface area contributed by atoms with Crippen molar-refractivity contribution in [2.75, 3.05) is 16.8 Å². The normalized spacial score (nSPS) is 19.5. The van der Waals surface area contributed by atoms with Crippen molar-refractivity contribution in [1.82, 2.24) is 0 Å². The fraction of sp³-hybridized carbons (Fsp3) is 0.250. The number of hydrogen-bond donors (Lipinski definition) is 1. The largest absolute Gasteiger partial charge is 0.452 e. The van der Waals surface area contributed by atoms with Gasteiger partial charge in [-0.2, -0.15) is 13.2 Å². The summed E-state index contributed by atoms with van der Waals surface area (Å²) < 4.78 is 43.5. The van der Waals surface area contributed by atoms with Gasteiger partial charge in [0.25, 0.3) is 5.91 Å². The van der Waals surface area contributed by atoms with Crippen LogP contribution in [0.2, 0.25) is 5.02 Å². The lowest BCUT2D eigenvalue weighted by molar-refractivity contribution is -0.137. The Bertz CT molecular complexity index is 1200. The summed E-state index contributed by atoms with van der Waals surface area (Å²) in [6.07, 6.45) is 0.147. The Morgan fingerprint density at radius 3 is 2.17 bits per heavy atom. The van der Waals surface area contributed by atoms with Crippen molar-refractivity contribution in [3.8, 4) is 0 Å². The van der Waals surface area contributed by atoms with Crippen LogP contribution in [0, 0.1) is 11.8 Å². The summed E-state index contributed by atoms with van der Waals surface area (Å²) in [5.41, 5.74) is -0.901. The molecule has 0 bridgehead atoms. The van der Waals surface area contributed by atoms with Gasteiger partial charge in [0.1, 0.15) is 0 Å². The Hall–Kier alpha value is -3.66. The zero-order valence-electron chi connectivity index (χ0n) is 18.0. The van der Waals surface area contributed by atoms with E-state index in [2.05, 4.69) is 5.32 Å². The lowest BCUT2D eigenvalue weighted by Crippen LogP contribution is -2.30. The predicted octanol–water partition coefficient (Wildman–Crippen LogP) is 4.61. The van der Waals surface area contributed by atoms with Crippen LogP contribution in [0.4, 0.5) is 24.5 Å². The molecule has 0 saturated carbocycles. The number of allylic oxidation sites excluding steroid dienone is 2. The van der Waals surface area contributed by atoms with Crippen LogP contribution in [0.1, 0.15) is 28.8 Å². The van der Waals surface area contributed by atoms with E-state index in [-0.39, 0.29) is 39.9 Å². The number of fused-ring (bicyclic) bond motifs is 1. The van der Waals surface area contributed by atoms with E-state index in [1.165, 1.54) is 24.3 Å². The van der Waals surface area contributed by atoms with Crippen LogP contribution in [0.15, 0.2) is 54.6 Å². The van der Waals surface area contributed by atoms with Crippen LogP contribution < -0.4 is 10.2 Å². The molecule has 2 aliphatic rings. The third-order valence-electron chi connectivity index (χ3n) is 5.77. The third-order valence-corrected chi connectivity index (χ3v) is 6.10. The Morgan fingerprint density at radius 1 is 1.00 bits per heavy atom. The average Bonchev–Trinajstić information content (AvgIpc) is 3.08. The van der Waals surface area contributed by atoms with Gasteiger partial charge in [0, 0.05) is 0 Å². The number of rotatable bonds is 5. The van der Waals surface area contributed by atoms with Crippen molar-refractivity contribution < 1.29 is 37.1 Å². The first kappa shape index (κ1) is 24.5. The fourth-order valence-electron chi connectivity index (χ4n) is 4.00. The SMILES string of the molecule is O=C(COC(=O)c1ccc(N2C(=O)[C@@H]3CC=CC[C@H]3C2=O)cc1)Nc1cc(C(F)(F)F)ccc1Cl. The minimum atomic E-state index is -4.62. The van der Waals surface area contributed by atoms with E-state index < -0.39 is 30.2 Å². The van der Waals surface area contributed by atoms with Crippen LogP contribution in [-0.2, 0) is 25.3 Å². The summed E-state index contributed by atoms with van der Waals surface area (Å²) in [7, 11) is 0. The molecule has 4 rings (SSSR count). The topological polar surface area (TPSA) is 92.8 Å². The van der Waals surface area contributed by atoms with E-state index >= 15 is 0 Å². The molecule has 1 aliphatic carbocycles. The number of carbonyl (C=O) groups excluding carboxylic acids is 4. The number of anilines is 2. The van der Waals surface area contributed by atoms with Gasteiger partial charge < -0.3 is 10.1 Å². The minimum Gasteiger partial charge on any atom is -0.452 e. The second-order valence-electron chi connectivity index (χ2n) is 8.03. The number of esters is 1. The molecule has 1 N–H and O–H groups in total. The molecule has 2 aromatic rings. The number of nitrogens with zero attached hydrogens (tertiary/aromatic N) is 1. The molecule has 1 aliphatic heterocycles. The highest BCUT2D eigenvalue weighted by molar-refractivity contribution is 6.33. The quantitative estimate of drug-likeness (QED) is 0.363. The van der Waals surface area contributed by atoms with Gasteiger partial charge in [0.2, 0.25) is 11.8 Å². The molecule has 0 spiro atoms. The first-order valence-corrected chi connectivity index (χ1v) is 10.9. The average molecular weight is 507 g/mol. The second kappa shape index (κ2) is 9.53. The van der Waals surface area contributed by atoms with E-state index in [9.17, 15) is 32.3 Å². The minimum absolute atomic E-state index is 0.0526. The summed E-state index contributed by atoms with van der Waals surface area (Å²) in [4.78, 5) is 50.8. The molecule has 182 valence electrons. The van der Waals surface area contributed by atoms with Crippen LogP contribution in [0.25, 0.3) is 0 Å². The molecule has 1 heterocycles. The van der Waals surface area contributed by atoms with E-state index in [1.807, 2.05) is 12.2 Å². The smallest absolute Gasteiger partial charge is 0.416 e. The van der Waals surface area contributed by atoms with Crippen LogP contribution in [0.5, 0.6) is 0 Å². The third kappa shape index (κ3) is 5.07. The first-order chi connectivity index (χ1) is 16.6. The molecule has 7 nitrogen and oxygen atoms in total. The maximum atomic E-state index is 12.9. The molecule has 1 saturated heterocycles. The zero-order valence-corrected chi connectivity index (χ0v) is 18.7. The van der Waals surface area contributed by atoms with Crippen molar-refractivity contribution >= 4 is 46.7 Å². The highest BCUT2D eigenvalue weighted by Crippen LogP contribution is 2.38. The van der Waals surface area contributed by atoms with Gasteiger partial charge in [-0.25, -0.2) is 4.79 Å². The molecular weight excluding hydrogens is 489 g/mol. The van der Waals surface area contributed by atoms with Crippen molar-refractivity contribution in [3.05, 3.63) is 70.8 Å². The molecular formula is C24H18ClF3N2O5. The van der Waals surface area contributed by atoms with Crippen molar-refractivity contribution in [3.63, 3.8) is 0 Å². The van der Waals surface area contributed by atoms with Gasteiger partial charge in [-0.05, 0) is 55.3 Å². The van der Waals surface area contributed by atoms with Crippen LogP contribution in [-0.4, -0.2) is 30.3 Å². The summed E-state index contributed by atoms with van der Waals surface area (Å²) in [5, 5.41) is 2.06. The first-order valence-electron chi connectivity index (χ1n) is 10.5. The Morgan fingerprint density at radius 2 is 1.60 bits per heavy atom. The van der Waals surface area contributed by atoms with E-state index in [1.54, 1.807) is 0 Å². The molecule has 35 heavy (non-hydrogen) atoms. The van der Waals surface area contributed by atoms with Gasteiger partial charge in [-0.1, -0.05) is 23.8 Å². The number of halogens is 4. The molecule has 0 radical (unpaired) electrons. The zero-order chi connectivity index (χ0) is 25.3. The van der Waals surface area contributed by atoms with E-state index in [0.29, 0.717) is 24.6 Å². The summed E-state index contributed by atoms with van der Waals surface area (Å²) >= 11 is 5.83. The van der Waals surface area contributed by atoms with Gasteiger partial charge in [0.05, 0.1) is 39.4 Å². The Kier molecular flexibility index (Phi) is 6.66. The van der Waals surface area contributed by atoms with Crippen molar-refractivity contribution in [2.45, 2.75) is 19.0 Å². The maximum absolute atomic E-state index is 12.9. The number of alkyl halides is 3. The monoisotopic (exact) mass is 506 g/mol. The lowest BCUT2D eigenvalue weighted by atomic mass is 9.85. The van der Waals surface area contributed by atoms with Gasteiger partial charge in [0.15, 0.2) is 6.61 Å². The fourth-order valence-corrected chi connectivity index (χ4v) is 4.16. The van der Waals surface area contributed by atoms with E-state index in [4.69, 9.17) is 16.3 Å². The highest BCUT2D eigenvalue weighted by Gasteiger charge is 2.47. The number of imide groups is 1. The van der Waals surface area contributed by atoms with Gasteiger partial charge in [-0.3, -0.25) is 19.3 Å². The molecule has 2 atom stereocenters. The molecule has 11 heteroatoms. The van der Waals surface area contributed by atoms with Crippen molar-refractivity contribution in [1.29, 1.82) is 0 Å². The number of benzene rings is 2. The maximum Gasteiger partial charge on any atom is 0.416 e. The Labute approximate surface area is 202 Å². The molecule has 2 aromatic carbocycles. The standard InChI is InChI=1S/C24H18ClF3N2O5/c25-18-10-7-14(24(26,27)28)11-19(18)29-20(31)12-35-23(34)13-5-8-15(9-6-13)30-21(32)16-3-1-2-4-17(16)22(30)33/h1-2,5-11,16-17H,3-4,12H2,(H,29,31)/t16-,17-/m1/s1. The highest BCUT2D eigenvalue weighted by atomic mass is 35.5. The lowest BCUT2D eigenvalue weighted by Gasteiger charge is -2.15. The van der Waals surface area contributed by atoms with Crippen molar-refractivity contribution in [2.24, 2.45) is 11.8 Å². The molecule has 0 unspecified atom stereocenters. The molecule has 1 fully saturated rings. The molecule has 0 aromatic heterocycles. The number of nitrogens with one attached hydrogen (secondary N) is 1. The van der Waals surface area contributed by atoms with Crippen LogP contribution >= 0.6 is 11.6 Å². The number of carbonyl (C=O) groups is 4. The van der Waals surface area contributed by atoms with Gasteiger partial charge in [-0.15, -0.1) is 0 Å². The number of amides is 3. The van der Waals surface area contributed by atoms with Gasteiger partial charge >= 0.3 is 12.1 Å². The summed E-state index contributed by atoms with van der Waals surface area (Å²) in [6.45, 7) is -0.771. The second-order valence-corrected chi connectivity index (χ2v) is 8.44. The molecule has 3 amide bonds. The van der Waals surface area contributed by atoms with Crippen LogP contribution in [0.3, 0.4) is 0 Å².